The van der Waals surface area contributed by atoms with Crippen LogP contribution in [0.2, 0.25) is 0 Å². The van der Waals surface area contributed by atoms with Gasteiger partial charge >= 0.3 is 4.96 Å². The minimum Gasteiger partial charge on any atom is -0.322 e. The molecular weight excluding hydrogens is 284 g/mol. The molecule has 0 saturated heterocycles. The molecule has 0 atom stereocenters. The van der Waals surface area contributed by atoms with Gasteiger partial charge in [-0.15, -0.1) is 0 Å². The van der Waals surface area contributed by atoms with E-state index in [4.69, 9.17) is 5.84 Å². The van der Waals surface area contributed by atoms with Gasteiger partial charge in [0.05, 0.1) is 13.3 Å². The van der Waals surface area contributed by atoms with Gasteiger partial charge in [-0.1, -0.05) is 23.5 Å². The van der Waals surface area contributed by atoms with Crippen LogP contribution in [0.5, 0.6) is 0 Å². The van der Waals surface area contributed by atoms with E-state index in [1.54, 1.807) is 17.6 Å². The molecule has 0 fully saturated rings. The number of nitrogens with zero attached hydrogens (tertiary/aromatic N) is 4. The highest BCUT2D eigenvalue weighted by atomic mass is 32.1. The van der Waals surface area contributed by atoms with Crippen LogP contribution in [0.25, 0.3) is 16.2 Å². The third-order valence-electron chi connectivity index (χ3n) is 3.15. The molecule has 0 amide bonds. The van der Waals surface area contributed by atoms with Crippen molar-refractivity contribution in [3.05, 3.63) is 47.6 Å². The average Bonchev–Trinajstić information content (AvgIpc) is 3.08. The molecule has 106 valence electrons. The minimum absolute atomic E-state index is 1.00. The monoisotopic (exact) mass is 299 g/mol. The Balaban J connectivity index is 1.85. The highest BCUT2D eigenvalue weighted by Gasteiger charge is 2.16. The third-order valence-corrected chi connectivity index (χ3v) is 4.11. The van der Waals surface area contributed by atoms with Gasteiger partial charge < -0.3 is 5.84 Å². The lowest BCUT2D eigenvalue weighted by molar-refractivity contribution is -0.505. The summed E-state index contributed by atoms with van der Waals surface area (Å²) >= 11 is 1.72. The summed E-state index contributed by atoms with van der Waals surface area (Å²) in [5.74, 6) is 4.96. The maximum Gasteiger partial charge on any atom is 0.345 e. The fourth-order valence-electron chi connectivity index (χ4n) is 2.14. The zero-order valence-corrected chi connectivity index (χ0v) is 12.3. The standard InChI is InChI=1S/C14H15N6S/c1-19-13(9-20-6-7-21-14(19)20)12-4-2-11(3-5-12)8-17-18-10-16-15/h2-10H,15H2,1H3,(H,16,18)/q+1/b17-8-. The van der Waals surface area contributed by atoms with Crippen LogP contribution in [0.3, 0.4) is 0 Å². The average molecular weight is 299 g/mol. The van der Waals surface area contributed by atoms with Gasteiger partial charge in [0.2, 0.25) is 0 Å². The summed E-state index contributed by atoms with van der Waals surface area (Å²) < 4.78 is 4.32. The van der Waals surface area contributed by atoms with Crippen molar-refractivity contribution in [2.24, 2.45) is 23.1 Å². The first-order valence-electron chi connectivity index (χ1n) is 6.34. The lowest BCUT2D eigenvalue weighted by Crippen LogP contribution is -2.12. The number of imidazole rings is 1. The summed E-state index contributed by atoms with van der Waals surface area (Å²) in [6.07, 6.45) is 7.23. The van der Waals surface area contributed by atoms with Gasteiger partial charge in [0.25, 0.3) is 0 Å². The summed E-state index contributed by atoms with van der Waals surface area (Å²) in [7, 11) is 2.08. The molecule has 2 aromatic heterocycles. The normalized spacial score (nSPS) is 11.9. The first-order chi connectivity index (χ1) is 10.3. The number of aromatic nitrogens is 2. The molecule has 21 heavy (non-hydrogen) atoms. The van der Waals surface area contributed by atoms with E-state index in [1.165, 1.54) is 22.6 Å². The van der Waals surface area contributed by atoms with Crippen molar-refractivity contribution in [2.75, 3.05) is 0 Å². The summed E-state index contributed by atoms with van der Waals surface area (Å²) in [6, 6.07) is 8.20. The Bertz CT molecular complexity index is 797. The Hall–Kier alpha value is -2.67. The van der Waals surface area contributed by atoms with E-state index >= 15 is 0 Å². The molecule has 7 heteroatoms. The lowest BCUT2D eigenvalue weighted by atomic mass is 10.1. The summed E-state index contributed by atoms with van der Waals surface area (Å²) in [6.45, 7) is 0. The second-order valence-electron chi connectivity index (χ2n) is 4.45. The van der Waals surface area contributed by atoms with E-state index in [1.807, 2.05) is 12.1 Å². The van der Waals surface area contributed by atoms with Crippen molar-refractivity contribution in [1.29, 1.82) is 0 Å². The zero-order valence-electron chi connectivity index (χ0n) is 11.5. The second-order valence-corrected chi connectivity index (χ2v) is 5.33. The van der Waals surface area contributed by atoms with Crippen molar-refractivity contribution in [3.8, 4) is 11.3 Å². The molecule has 3 aromatic rings. The number of benzene rings is 1. The number of hydrogen-bond donors (Lipinski definition) is 2. The number of nitrogens with one attached hydrogen (secondary N) is 1. The number of thiazole rings is 1. The van der Waals surface area contributed by atoms with E-state index < -0.39 is 0 Å². The quantitative estimate of drug-likeness (QED) is 0.251. The van der Waals surface area contributed by atoms with E-state index in [9.17, 15) is 0 Å². The molecule has 0 aliphatic rings. The van der Waals surface area contributed by atoms with E-state index in [-0.39, 0.29) is 0 Å². The number of aryl methyl sites for hydroxylation is 1. The molecule has 0 spiro atoms. The SMILES string of the molecule is Cn1c(-c2ccc(/C=N\NC=NN)cc2)c[n+]2ccsc12. The van der Waals surface area contributed by atoms with Crippen LogP contribution >= 0.6 is 11.3 Å². The first kappa shape index (κ1) is 13.3. The van der Waals surface area contributed by atoms with Gasteiger partial charge in [0, 0.05) is 10.9 Å². The van der Waals surface area contributed by atoms with Crippen LogP contribution in [0.1, 0.15) is 5.56 Å². The Morgan fingerprint density at radius 2 is 2.14 bits per heavy atom. The maximum atomic E-state index is 4.96. The van der Waals surface area contributed by atoms with E-state index in [0.717, 1.165) is 5.56 Å². The van der Waals surface area contributed by atoms with Crippen molar-refractivity contribution >= 4 is 28.9 Å². The molecule has 0 saturated carbocycles. The Morgan fingerprint density at radius 1 is 1.33 bits per heavy atom. The van der Waals surface area contributed by atoms with Crippen molar-refractivity contribution in [1.82, 2.24) is 9.99 Å². The van der Waals surface area contributed by atoms with E-state index in [2.05, 4.69) is 61.6 Å². The number of fused-ring (bicyclic) bond motifs is 1. The third kappa shape index (κ3) is 2.63. The lowest BCUT2D eigenvalue weighted by Gasteiger charge is -1.98. The summed E-state index contributed by atoms with van der Waals surface area (Å²) in [5.41, 5.74) is 5.95. The molecule has 0 aliphatic heterocycles. The molecule has 6 nitrogen and oxygen atoms in total. The molecular formula is C14H15N6S+. The van der Waals surface area contributed by atoms with Crippen LogP contribution in [-0.2, 0) is 7.05 Å². The number of rotatable bonds is 4. The number of nitrogens with two attached hydrogens (primary N) is 1. The maximum absolute atomic E-state index is 4.96. The predicted molar refractivity (Wildman–Crippen MR) is 85.3 cm³/mol. The van der Waals surface area contributed by atoms with Crippen molar-refractivity contribution in [3.63, 3.8) is 0 Å². The van der Waals surface area contributed by atoms with Crippen LogP contribution in [0.4, 0.5) is 0 Å². The van der Waals surface area contributed by atoms with Crippen molar-refractivity contribution in [2.45, 2.75) is 0 Å². The van der Waals surface area contributed by atoms with Gasteiger partial charge in [0.1, 0.15) is 18.7 Å². The second kappa shape index (κ2) is 5.76. The molecule has 1 aromatic carbocycles. The van der Waals surface area contributed by atoms with Crippen LogP contribution < -0.4 is 15.7 Å². The molecule has 3 N–H and O–H groups in total. The first-order valence-corrected chi connectivity index (χ1v) is 7.22. The fraction of sp³-hybridized carbons (Fsp3) is 0.0714. The van der Waals surface area contributed by atoms with Gasteiger partial charge in [-0.25, -0.2) is 4.57 Å². The summed E-state index contributed by atoms with van der Waals surface area (Å²) in [4.78, 5) is 1.21. The van der Waals surface area contributed by atoms with Gasteiger partial charge in [-0.2, -0.15) is 14.6 Å². The summed E-state index contributed by atoms with van der Waals surface area (Å²) in [5, 5.41) is 9.34. The Kier molecular flexibility index (Phi) is 3.65. The fourth-order valence-corrected chi connectivity index (χ4v) is 2.95. The number of hydrazone groups is 2. The minimum atomic E-state index is 1.00. The van der Waals surface area contributed by atoms with Gasteiger partial charge in [-0.05, 0) is 17.7 Å². The molecule has 0 bridgehead atoms. The highest BCUT2D eigenvalue weighted by molar-refractivity contribution is 7.14. The van der Waals surface area contributed by atoms with Crippen LogP contribution in [0.15, 0.2) is 52.2 Å². The molecule has 0 aliphatic carbocycles. The predicted octanol–water partition coefficient (Wildman–Crippen LogP) is 1.32. The van der Waals surface area contributed by atoms with E-state index in [0.29, 0.717) is 0 Å². The zero-order chi connectivity index (χ0) is 14.7. The molecule has 2 heterocycles. The number of hydrogen-bond acceptors (Lipinski definition) is 4. The van der Waals surface area contributed by atoms with Gasteiger partial charge in [0.15, 0.2) is 5.69 Å². The van der Waals surface area contributed by atoms with Crippen LogP contribution in [-0.4, -0.2) is 17.1 Å². The van der Waals surface area contributed by atoms with Crippen molar-refractivity contribution < 1.29 is 4.40 Å². The molecule has 3 rings (SSSR count). The Labute approximate surface area is 125 Å². The Morgan fingerprint density at radius 3 is 2.86 bits per heavy atom. The topological polar surface area (TPSA) is 71.8 Å². The molecule has 0 unspecified atom stereocenters. The largest absolute Gasteiger partial charge is 0.345 e. The highest BCUT2D eigenvalue weighted by Crippen LogP contribution is 2.21. The van der Waals surface area contributed by atoms with Crippen LogP contribution in [0, 0.1) is 0 Å². The smallest absolute Gasteiger partial charge is 0.322 e. The molecule has 0 radical (unpaired) electrons. The van der Waals surface area contributed by atoms with Gasteiger partial charge in [-0.3, -0.25) is 5.43 Å².